The number of fused-ring (bicyclic) bond motifs is 1. The number of rotatable bonds is 5. The lowest BCUT2D eigenvalue weighted by atomic mass is 9.97. The zero-order valence-corrected chi connectivity index (χ0v) is 14.0. The fourth-order valence-electron chi connectivity index (χ4n) is 2.80. The van der Waals surface area contributed by atoms with Crippen molar-refractivity contribution in [2.75, 3.05) is 13.2 Å². The van der Waals surface area contributed by atoms with Crippen LogP contribution in [0.2, 0.25) is 0 Å². The summed E-state index contributed by atoms with van der Waals surface area (Å²) in [5.41, 5.74) is -1.59. The fraction of sp³-hybridized carbons (Fsp3) is 0.263. The molecular formula is C19H15F3O5. The molecule has 0 spiro atoms. The van der Waals surface area contributed by atoms with E-state index in [4.69, 9.17) is 9.47 Å². The molecule has 142 valence electrons. The number of Topliss-reactive ketones (excluding diaryl/α,β-unsaturated/α-hetero) is 2. The van der Waals surface area contributed by atoms with Crippen LogP contribution in [0.3, 0.4) is 0 Å². The molecule has 2 aromatic carbocycles. The van der Waals surface area contributed by atoms with Crippen LogP contribution in [0.4, 0.5) is 13.2 Å². The van der Waals surface area contributed by atoms with E-state index in [0.717, 1.165) is 12.1 Å². The van der Waals surface area contributed by atoms with Crippen molar-refractivity contribution in [3.05, 3.63) is 53.1 Å². The molecule has 0 aliphatic carbocycles. The van der Waals surface area contributed by atoms with Crippen LogP contribution in [0.15, 0.2) is 36.4 Å². The van der Waals surface area contributed by atoms with Crippen molar-refractivity contribution in [3.8, 4) is 17.2 Å². The number of carbonyl (C=O) groups is 2. The molecular weight excluding hydrogens is 365 g/mol. The van der Waals surface area contributed by atoms with Gasteiger partial charge in [-0.1, -0.05) is 18.2 Å². The van der Waals surface area contributed by atoms with Gasteiger partial charge >= 0.3 is 6.18 Å². The molecule has 27 heavy (non-hydrogen) atoms. The van der Waals surface area contributed by atoms with Crippen molar-refractivity contribution in [2.24, 2.45) is 0 Å². The van der Waals surface area contributed by atoms with Gasteiger partial charge in [0, 0.05) is 18.4 Å². The minimum Gasteiger partial charge on any atom is -0.504 e. The first-order valence-corrected chi connectivity index (χ1v) is 8.13. The number of carbonyl (C=O) groups excluding carboxylic acids is 2. The van der Waals surface area contributed by atoms with Crippen molar-refractivity contribution >= 4 is 11.6 Å². The molecule has 1 heterocycles. The third-order valence-corrected chi connectivity index (χ3v) is 4.10. The van der Waals surface area contributed by atoms with Crippen LogP contribution in [0.25, 0.3) is 0 Å². The smallest absolute Gasteiger partial charge is 0.417 e. The summed E-state index contributed by atoms with van der Waals surface area (Å²) in [6.45, 7) is 0.526. The Morgan fingerprint density at radius 3 is 2.26 bits per heavy atom. The number of alkyl halides is 3. The largest absolute Gasteiger partial charge is 0.504 e. The topological polar surface area (TPSA) is 72.8 Å². The molecule has 0 fully saturated rings. The van der Waals surface area contributed by atoms with Crippen LogP contribution in [-0.2, 0) is 6.18 Å². The third-order valence-electron chi connectivity index (χ3n) is 4.10. The molecule has 0 saturated carbocycles. The van der Waals surface area contributed by atoms with E-state index in [1.54, 1.807) is 0 Å². The molecule has 0 unspecified atom stereocenters. The van der Waals surface area contributed by atoms with Gasteiger partial charge in [0.15, 0.2) is 23.1 Å². The molecule has 0 atom stereocenters. The number of hydrogen-bond acceptors (Lipinski definition) is 5. The van der Waals surface area contributed by atoms with Gasteiger partial charge in [-0.15, -0.1) is 0 Å². The van der Waals surface area contributed by atoms with Crippen molar-refractivity contribution in [3.63, 3.8) is 0 Å². The van der Waals surface area contributed by atoms with Gasteiger partial charge in [-0.3, -0.25) is 9.59 Å². The summed E-state index contributed by atoms with van der Waals surface area (Å²) in [7, 11) is 0. The van der Waals surface area contributed by atoms with Gasteiger partial charge in [-0.05, 0) is 18.2 Å². The predicted octanol–water partition coefficient (Wildman–Crippen LogP) is 4.03. The highest BCUT2D eigenvalue weighted by molar-refractivity contribution is 6.04. The number of ether oxygens (including phenoxy) is 2. The predicted molar refractivity (Wildman–Crippen MR) is 88.4 cm³/mol. The van der Waals surface area contributed by atoms with Crippen LogP contribution in [-0.4, -0.2) is 29.9 Å². The molecule has 1 aliphatic heterocycles. The van der Waals surface area contributed by atoms with E-state index in [9.17, 15) is 27.9 Å². The molecule has 3 rings (SSSR count). The highest BCUT2D eigenvalue weighted by atomic mass is 19.4. The number of aromatic hydroxyl groups is 1. The molecule has 0 saturated heterocycles. The first kappa shape index (κ1) is 18.8. The van der Waals surface area contributed by atoms with E-state index < -0.39 is 41.0 Å². The molecule has 5 nitrogen and oxygen atoms in total. The lowest BCUT2D eigenvalue weighted by Crippen LogP contribution is -2.16. The summed E-state index contributed by atoms with van der Waals surface area (Å²) in [6, 6.07) is 7.22. The summed E-state index contributed by atoms with van der Waals surface area (Å²) in [6.07, 6.45) is -5.43. The summed E-state index contributed by atoms with van der Waals surface area (Å²) in [4.78, 5) is 24.5. The Bertz CT molecular complexity index is 889. The van der Waals surface area contributed by atoms with Crippen LogP contribution in [0.5, 0.6) is 17.2 Å². The SMILES string of the molecule is O=C(CCC(=O)c1ccc2c(c1O)OCCO2)c1ccccc1C(F)(F)F. The summed E-state index contributed by atoms with van der Waals surface area (Å²) < 4.78 is 49.6. The summed E-state index contributed by atoms with van der Waals surface area (Å²) >= 11 is 0. The second-order valence-electron chi connectivity index (χ2n) is 5.88. The zero-order valence-electron chi connectivity index (χ0n) is 14.0. The van der Waals surface area contributed by atoms with Gasteiger partial charge in [0.1, 0.15) is 13.2 Å². The molecule has 0 radical (unpaired) electrons. The summed E-state index contributed by atoms with van der Waals surface area (Å²) in [5.74, 6) is -1.44. The maximum Gasteiger partial charge on any atom is 0.417 e. The van der Waals surface area contributed by atoms with Gasteiger partial charge in [0.05, 0.1) is 11.1 Å². The minimum absolute atomic E-state index is 0.0424. The maximum atomic E-state index is 13.0. The van der Waals surface area contributed by atoms with Crippen molar-refractivity contribution in [2.45, 2.75) is 19.0 Å². The van der Waals surface area contributed by atoms with E-state index >= 15 is 0 Å². The van der Waals surface area contributed by atoms with Gasteiger partial charge in [-0.2, -0.15) is 13.2 Å². The van der Waals surface area contributed by atoms with Crippen LogP contribution >= 0.6 is 0 Å². The van der Waals surface area contributed by atoms with Crippen molar-refractivity contribution in [1.82, 2.24) is 0 Å². The molecule has 1 aliphatic rings. The monoisotopic (exact) mass is 380 g/mol. The van der Waals surface area contributed by atoms with Crippen LogP contribution < -0.4 is 9.47 Å². The van der Waals surface area contributed by atoms with Crippen molar-refractivity contribution < 1.29 is 37.3 Å². The number of hydrogen-bond donors (Lipinski definition) is 1. The van der Waals surface area contributed by atoms with E-state index in [1.807, 2.05) is 0 Å². The normalized spacial score (nSPS) is 13.3. The first-order chi connectivity index (χ1) is 12.8. The third kappa shape index (κ3) is 3.89. The molecule has 0 bridgehead atoms. The Kier molecular flexibility index (Phi) is 5.07. The zero-order chi connectivity index (χ0) is 19.6. The Morgan fingerprint density at radius 1 is 0.926 bits per heavy atom. The molecule has 1 N–H and O–H groups in total. The van der Waals surface area contributed by atoms with E-state index in [-0.39, 0.29) is 24.3 Å². The second-order valence-corrected chi connectivity index (χ2v) is 5.88. The van der Waals surface area contributed by atoms with E-state index in [0.29, 0.717) is 12.4 Å². The van der Waals surface area contributed by atoms with Gasteiger partial charge in [0.25, 0.3) is 0 Å². The Hall–Kier alpha value is -3.03. The minimum atomic E-state index is -4.66. The quantitative estimate of drug-likeness (QED) is 0.793. The standard InChI is InChI=1S/C19H15F3O5/c20-19(21,22)13-4-2-1-3-11(13)14(23)6-7-15(24)12-5-8-16-18(17(12)25)27-10-9-26-16/h1-5,8,25H,6-7,9-10H2. The first-order valence-electron chi connectivity index (χ1n) is 8.13. The Morgan fingerprint density at radius 2 is 1.56 bits per heavy atom. The highest BCUT2D eigenvalue weighted by Crippen LogP contribution is 2.41. The van der Waals surface area contributed by atoms with Gasteiger partial charge in [-0.25, -0.2) is 0 Å². The van der Waals surface area contributed by atoms with Gasteiger partial charge in [0.2, 0.25) is 5.75 Å². The number of benzene rings is 2. The van der Waals surface area contributed by atoms with Crippen molar-refractivity contribution in [1.29, 1.82) is 0 Å². The average Bonchev–Trinajstić information content (AvgIpc) is 2.65. The molecule has 8 heteroatoms. The highest BCUT2D eigenvalue weighted by Gasteiger charge is 2.34. The number of phenolic OH excluding ortho intramolecular Hbond substituents is 1. The summed E-state index contributed by atoms with van der Waals surface area (Å²) in [5, 5.41) is 10.2. The fourth-order valence-corrected chi connectivity index (χ4v) is 2.80. The number of ketones is 2. The lowest BCUT2D eigenvalue weighted by molar-refractivity contribution is -0.137. The maximum absolute atomic E-state index is 13.0. The van der Waals surface area contributed by atoms with Crippen LogP contribution in [0.1, 0.15) is 39.1 Å². The number of phenols is 1. The van der Waals surface area contributed by atoms with E-state index in [2.05, 4.69) is 0 Å². The Balaban J connectivity index is 1.75. The molecule has 0 amide bonds. The number of halogens is 3. The van der Waals surface area contributed by atoms with Crippen LogP contribution in [0, 0.1) is 0 Å². The molecule has 0 aromatic heterocycles. The second kappa shape index (κ2) is 7.30. The lowest BCUT2D eigenvalue weighted by Gasteiger charge is -2.20. The average molecular weight is 380 g/mol. The Labute approximate surface area is 152 Å². The van der Waals surface area contributed by atoms with Gasteiger partial charge < -0.3 is 14.6 Å². The molecule has 2 aromatic rings. The van der Waals surface area contributed by atoms with E-state index in [1.165, 1.54) is 24.3 Å².